The summed E-state index contributed by atoms with van der Waals surface area (Å²) in [5, 5.41) is 0. The Morgan fingerprint density at radius 3 is 2.61 bits per heavy atom. The number of benzene rings is 1. The number of hydrogen-bond acceptors (Lipinski definition) is 2. The van der Waals surface area contributed by atoms with Crippen molar-refractivity contribution in [1.82, 2.24) is 4.98 Å². The number of hydrogen-bond donors (Lipinski definition) is 0. The second kappa shape index (κ2) is 5.91. The van der Waals surface area contributed by atoms with Crippen LogP contribution in [0, 0.1) is 0 Å². The van der Waals surface area contributed by atoms with E-state index in [2.05, 4.69) is 4.98 Å². The zero-order valence-electron chi connectivity index (χ0n) is 9.51. The number of aromatic nitrogens is 1. The molecule has 1 aromatic heterocycles. The van der Waals surface area contributed by atoms with Crippen LogP contribution in [0.2, 0.25) is 0 Å². The van der Waals surface area contributed by atoms with Crippen LogP contribution in [-0.2, 0) is 6.42 Å². The molecule has 4 heteroatoms. The summed E-state index contributed by atoms with van der Waals surface area (Å²) in [6, 6.07) is 12.5. The Morgan fingerprint density at radius 1 is 1.11 bits per heavy atom. The van der Waals surface area contributed by atoms with Crippen LogP contribution < -0.4 is 4.74 Å². The number of allylic oxidation sites excluding steroid dienone is 1. The molecule has 0 amide bonds. The molecule has 0 aliphatic rings. The van der Waals surface area contributed by atoms with E-state index < -0.39 is 6.08 Å². The Hall–Kier alpha value is -2.23. The van der Waals surface area contributed by atoms with Crippen molar-refractivity contribution >= 4 is 0 Å². The van der Waals surface area contributed by atoms with Crippen LogP contribution in [0.5, 0.6) is 11.6 Å². The van der Waals surface area contributed by atoms with Gasteiger partial charge in [-0.3, -0.25) is 0 Å². The maximum atomic E-state index is 12.1. The van der Waals surface area contributed by atoms with Crippen LogP contribution in [0.4, 0.5) is 8.78 Å². The molecule has 0 bridgehead atoms. The second-order valence-corrected chi connectivity index (χ2v) is 3.58. The predicted octanol–water partition coefficient (Wildman–Crippen LogP) is 4.20. The van der Waals surface area contributed by atoms with E-state index in [4.69, 9.17) is 4.74 Å². The van der Waals surface area contributed by atoms with Crippen molar-refractivity contribution in [2.24, 2.45) is 0 Å². The molecule has 92 valence electrons. The van der Waals surface area contributed by atoms with Gasteiger partial charge in [-0.25, -0.2) is 4.98 Å². The highest BCUT2D eigenvalue weighted by Gasteiger charge is 2.05. The van der Waals surface area contributed by atoms with Gasteiger partial charge in [0, 0.05) is 18.2 Å². The summed E-state index contributed by atoms with van der Waals surface area (Å²) < 4.78 is 29.7. The van der Waals surface area contributed by atoms with Crippen LogP contribution >= 0.6 is 0 Å². The van der Waals surface area contributed by atoms with E-state index in [1.165, 1.54) is 0 Å². The van der Waals surface area contributed by atoms with Crippen LogP contribution in [-0.4, -0.2) is 4.98 Å². The molecule has 1 heterocycles. The van der Waals surface area contributed by atoms with Crippen molar-refractivity contribution in [1.29, 1.82) is 0 Å². The molecule has 1 aromatic carbocycles. The number of para-hydroxylation sites is 1. The Labute approximate surface area is 104 Å². The van der Waals surface area contributed by atoms with Crippen molar-refractivity contribution in [3.63, 3.8) is 0 Å². The first kappa shape index (κ1) is 12.2. The third-order valence-corrected chi connectivity index (χ3v) is 2.28. The van der Waals surface area contributed by atoms with Gasteiger partial charge < -0.3 is 4.74 Å². The van der Waals surface area contributed by atoms with Gasteiger partial charge in [0.2, 0.25) is 5.88 Å². The van der Waals surface area contributed by atoms with Crippen LogP contribution in [0.3, 0.4) is 0 Å². The summed E-state index contributed by atoms with van der Waals surface area (Å²) in [4.78, 5) is 4.06. The van der Waals surface area contributed by atoms with Gasteiger partial charge in [0.15, 0.2) is 0 Å². The molecule has 18 heavy (non-hydrogen) atoms. The smallest absolute Gasteiger partial charge is 0.266 e. The Kier molecular flexibility index (Phi) is 4.02. The predicted molar refractivity (Wildman–Crippen MR) is 64.8 cm³/mol. The van der Waals surface area contributed by atoms with Crippen molar-refractivity contribution < 1.29 is 13.5 Å². The van der Waals surface area contributed by atoms with Gasteiger partial charge in [-0.05, 0) is 24.3 Å². The lowest BCUT2D eigenvalue weighted by Gasteiger charge is -2.07. The third kappa shape index (κ3) is 3.38. The average Bonchev–Trinajstić information content (AvgIpc) is 2.39. The molecule has 0 fully saturated rings. The average molecular weight is 247 g/mol. The number of nitrogens with zero attached hydrogens (tertiary/aromatic N) is 1. The molecule has 0 spiro atoms. The van der Waals surface area contributed by atoms with E-state index in [1.807, 2.05) is 18.2 Å². The maximum absolute atomic E-state index is 12.1. The zero-order chi connectivity index (χ0) is 12.8. The summed E-state index contributed by atoms with van der Waals surface area (Å²) in [5.74, 6) is 0.975. The standard InChI is InChI=1S/C14H11F2NO/c15-13(16)9-8-11-5-4-10-17-14(11)18-12-6-2-1-3-7-12/h1-7,9-10H,8H2. The van der Waals surface area contributed by atoms with E-state index in [1.54, 1.807) is 30.5 Å². The van der Waals surface area contributed by atoms with Gasteiger partial charge in [-0.15, -0.1) is 0 Å². The highest BCUT2D eigenvalue weighted by atomic mass is 19.3. The first-order valence-electron chi connectivity index (χ1n) is 5.43. The monoisotopic (exact) mass is 247 g/mol. The molecule has 2 nitrogen and oxygen atoms in total. The number of ether oxygens (including phenoxy) is 1. The van der Waals surface area contributed by atoms with Crippen LogP contribution in [0.1, 0.15) is 5.56 Å². The van der Waals surface area contributed by atoms with E-state index in [-0.39, 0.29) is 6.42 Å². The van der Waals surface area contributed by atoms with Crippen molar-refractivity contribution in [3.05, 3.63) is 66.4 Å². The normalized spacial score (nSPS) is 9.89. The lowest BCUT2D eigenvalue weighted by atomic mass is 10.2. The molecule has 0 saturated heterocycles. The number of halogens is 2. The SMILES string of the molecule is FC(F)=CCc1cccnc1Oc1ccccc1. The molecule has 0 unspecified atom stereocenters. The van der Waals surface area contributed by atoms with Crippen molar-refractivity contribution in [2.75, 3.05) is 0 Å². The largest absolute Gasteiger partial charge is 0.439 e. The highest BCUT2D eigenvalue weighted by molar-refractivity contribution is 5.33. The van der Waals surface area contributed by atoms with E-state index in [0.29, 0.717) is 17.2 Å². The highest BCUT2D eigenvalue weighted by Crippen LogP contribution is 2.23. The Balaban J connectivity index is 2.20. The van der Waals surface area contributed by atoms with Gasteiger partial charge in [0.1, 0.15) is 5.75 Å². The molecular formula is C14H11F2NO. The maximum Gasteiger partial charge on any atom is 0.266 e. The summed E-state index contributed by atoms with van der Waals surface area (Å²) in [6.07, 6.45) is 0.800. The fourth-order valence-electron chi connectivity index (χ4n) is 1.46. The minimum absolute atomic E-state index is 0.0956. The quantitative estimate of drug-likeness (QED) is 0.807. The lowest BCUT2D eigenvalue weighted by molar-refractivity contribution is 0.417. The molecule has 0 aliphatic carbocycles. The summed E-state index contributed by atoms with van der Waals surface area (Å²) in [5.41, 5.74) is 0.620. The molecule has 0 aliphatic heterocycles. The zero-order valence-corrected chi connectivity index (χ0v) is 9.51. The van der Waals surface area contributed by atoms with Gasteiger partial charge in [-0.1, -0.05) is 24.3 Å². The number of pyridine rings is 1. The van der Waals surface area contributed by atoms with Crippen molar-refractivity contribution in [3.8, 4) is 11.6 Å². The second-order valence-electron chi connectivity index (χ2n) is 3.58. The summed E-state index contributed by atoms with van der Waals surface area (Å²) in [7, 11) is 0. The van der Waals surface area contributed by atoms with Crippen LogP contribution in [0.15, 0.2) is 60.8 Å². The minimum Gasteiger partial charge on any atom is -0.439 e. The van der Waals surface area contributed by atoms with Gasteiger partial charge in [0.25, 0.3) is 6.08 Å². The first-order chi connectivity index (χ1) is 8.75. The minimum atomic E-state index is -1.70. The first-order valence-corrected chi connectivity index (χ1v) is 5.43. The van der Waals surface area contributed by atoms with Crippen molar-refractivity contribution in [2.45, 2.75) is 6.42 Å². The number of rotatable bonds is 4. The summed E-state index contributed by atoms with van der Waals surface area (Å²) >= 11 is 0. The summed E-state index contributed by atoms with van der Waals surface area (Å²) in [6.45, 7) is 0. The third-order valence-electron chi connectivity index (χ3n) is 2.28. The Morgan fingerprint density at radius 2 is 1.89 bits per heavy atom. The van der Waals surface area contributed by atoms with E-state index in [9.17, 15) is 8.78 Å². The fraction of sp³-hybridized carbons (Fsp3) is 0.0714. The van der Waals surface area contributed by atoms with Crippen LogP contribution in [0.25, 0.3) is 0 Å². The molecule has 0 N–H and O–H groups in total. The van der Waals surface area contributed by atoms with Gasteiger partial charge >= 0.3 is 0 Å². The molecule has 0 atom stereocenters. The van der Waals surface area contributed by atoms with E-state index >= 15 is 0 Å². The molecule has 0 saturated carbocycles. The topological polar surface area (TPSA) is 22.1 Å². The fourth-order valence-corrected chi connectivity index (χ4v) is 1.46. The lowest BCUT2D eigenvalue weighted by Crippen LogP contribution is -1.93. The van der Waals surface area contributed by atoms with Gasteiger partial charge in [0.05, 0.1) is 0 Å². The molecular weight excluding hydrogens is 236 g/mol. The molecule has 2 rings (SSSR count). The molecule has 2 aromatic rings. The van der Waals surface area contributed by atoms with E-state index in [0.717, 1.165) is 6.08 Å². The van der Waals surface area contributed by atoms with Gasteiger partial charge in [-0.2, -0.15) is 8.78 Å². The molecule has 0 radical (unpaired) electrons. The Bertz CT molecular complexity index is 537.